The molecule has 0 saturated carbocycles. The van der Waals surface area contributed by atoms with Gasteiger partial charge >= 0.3 is 0 Å². The molecule has 2 heterocycles. The molecule has 0 spiro atoms. The van der Waals surface area contributed by atoms with Crippen molar-refractivity contribution in [1.82, 2.24) is 19.5 Å². The van der Waals surface area contributed by atoms with Crippen LogP contribution in [-0.4, -0.2) is 30.9 Å². The van der Waals surface area contributed by atoms with Crippen LogP contribution >= 0.6 is 0 Å². The maximum atomic E-state index is 9.32. The average Bonchev–Trinajstić information content (AvgIpc) is 3.58. The van der Waals surface area contributed by atoms with Crippen molar-refractivity contribution < 1.29 is 0 Å². The molecule has 1 aliphatic rings. The van der Waals surface area contributed by atoms with Crippen LogP contribution in [0.4, 0.5) is 5.69 Å². The van der Waals surface area contributed by atoms with Crippen LogP contribution in [0.5, 0.6) is 0 Å². The molecule has 0 radical (unpaired) electrons. The molecule has 54 heavy (non-hydrogen) atoms. The molecule has 2 aromatic heterocycles. The third kappa shape index (κ3) is 5.34. The molecule has 9 aromatic rings. The number of hydrogen-bond donors (Lipinski definition) is 2. The standard InChI is InChI=1S/C47H31N7/c48-44-40(53-52-34-15-5-2-6-16-34)28-27-32-25-23-31-24-26-33(29-39(31)43(32)44)45-49-46(38-20-8-7-17-35(38)30-13-3-1-4-14-30)51-47(50-45)54-41-21-11-9-18-36(41)37-19-10-12-22-42(37)54/h1-29,48,52H/b48-44?,53-40-. The summed E-state index contributed by atoms with van der Waals surface area (Å²) in [5, 5.41) is 18.1. The second kappa shape index (κ2) is 12.9. The molecule has 254 valence electrons. The number of benzene rings is 7. The molecule has 0 fully saturated rings. The van der Waals surface area contributed by atoms with Gasteiger partial charge in [-0.1, -0.05) is 140 Å². The normalized spacial score (nSPS) is 13.2. The number of para-hydroxylation sites is 3. The lowest BCUT2D eigenvalue weighted by Crippen LogP contribution is -2.18. The Morgan fingerprint density at radius 3 is 1.91 bits per heavy atom. The van der Waals surface area contributed by atoms with Gasteiger partial charge in [0.05, 0.1) is 22.4 Å². The summed E-state index contributed by atoms with van der Waals surface area (Å²) in [4.78, 5) is 15.7. The lowest BCUT2D eigenvalue weighted by Gasteiger charge is -2.17. The number of rotatable bonds is 6. The zero-order chi connectivity index (χ0) is 36.0. The third-order valence-electron chi connectivity index (χ3n) is 9.97. The molecule has 10 rings (SSSR count). The SMILES string of the molecule is N=C1/C(=N\Nc2ccccc2)C=Cc2ccc3ccc(-c4nc(-c5ccccc5-c5ccccc5)nc(-n5c6ccccc6c6ccccc65)n4)cc3c21. The quantitative estimate of drug-likeness (QED) is 0.170. The van der Waals surface area contributed by atoms with Crippen LogP contribution in [0.15, 0.2) is 175 Å². The van der Waals surface area contributed by atoms with Crippen molar-refractivity contribution >= 4 is 55.8 Å². The Balaban J connectivity index is 1.18. The number of aromatic nitrogens is 4. The molecule has 7 aromatic carbocycles. The minimum absolute atomic E-state index is 0.345. The molecule has 0 unspecified atom stereocenters. The van der Waals surface area contributed by atoms with E-state index in [1.165, 1.54) is 0 Å². The summed E-state index contributed by atoms with van der Waals surface area (Å²) in [6.45, 7) is 0. The number of nitrogens with one attached hydrogen (secondary N) is 2. The summed E-state index contributed by atoms with van der Waals surface area (Å²) in [6, 6.07) is 55.5. The van der Waals surface area contributed by atoms with E-state index in [-0.39, 0.29) is 0 Å². The van der Waals surface area contributed by atoms with Gasteiger partial charge < -0.3 is 0 Å². The minimum Gasteiger partial charge on any atom is -0.298 e. The van der Waals surface area contributed by atoms with E-state index in [0.29, 0.717) is 29.0 Å². The molecular formula is C47H31N7. The van der Waals surface area contributed by atoms with Gasteiger partial charge in [-0.2, -0.15) is 15.1 Å². The van der Waals surface area contributed by atoms with E-state index in [9.17, 15) is 5.41 Å². The van der Waals surface area contributed by atoms with Crippen LogP contribution in [0.1, 0.15) is 11.1 Å². The first-order valence-electron chi connectivity index (χ1n) is 17.8. The molecule has 0 atom stereocenters. The highest BCUT2D eigenvalue weighted by Gasteiger charge is 2.22. The van der Waals surface area contributed by atoms with Crippen LogP contribution < -0.4 is 5.43 Å². The van der Waals surface area contributed by atoms with Crippen LogP contribution in [0.25, 0.3) is 78.5 Å². The number of nitrogens with zero attached hydrogens (tertiary/aromatic N) is 5. The molecule has 7 heteroatoms. The van der Waals surface area contributed by atoms with Gasteiger partial charge in [-0.3, -0.25) is 15.4 Å². The molecule has 0 amide bonds. The number of allylic oxidation sites excluding steroid dienone is 1. The summed E-state index contributed by atoms with van der Waals surface area (Å²) >= 11 is 0. The summed E-state index contributed by atoms with van der Waals surface area (Å²) < 4.78 is 2.14. The first kappa shape index (κ1) is 31.2. The van der Waals surface area contributed by atoms with Crippen LogP contribution in [-0.2, 0) is 0 Å². The molecule has 0 bridgehead atoms. The van der Waals surface area contributed by atoms with Crippen LogP contribution in [0.3, 0.4) is 0 Å². The Morgan fingerprint density at radius 1 is 0.519 bits per heavy atom. The predicted molar refractivity (Wildman–Crippen MR) is 221 cm³/mol. The maximum Gasteiger partial charge on any atom is 0.238 e. The van der Waals surface area contributed by atoms with Gasteiger partial charge in [0.2, 0.25) is 5.95 Å². The highest BCUT2D eigenvalue weighted by Crippen LogP contribution is 2.36. The van der Waals surface area contributed by atoms with E-state index in [0.717, 1.165) is 71.6 Å². The van der Waals surface area contributed by atoms with E-state index >= 15 is 0 Å². The maximum absolute atomic E-state index is 9.32. The Labute approximate surface area is 311 Å². The number of hydrogen-bond acceptors (Lipinski definition) is 6. The van der Waals surface area contributed by atoms with Crippen molar-refractivity contribution in [2.24, 2.45) is 5.10 Å². The molecule has 0 saturated heterocycles. The zero-order valence-corrected chi connectivity index (χ0v) is 29.0. The lowest BCUT2D eigenvalue weighted by molar-refractivity contribution is 0.954. The Hall–Kier alpha value is -7.51. The summed E-state index contributed by atoms with van der Waals surface area (Å²) in [5.41, 5.74) is 12.5. The van der Waals surface area contributed by atoms with Crippen LogP contribution in [0, 0.1) is 5.41 Å². The summed E-state index contributed by atoms with van der Waals surface area (Å²) in [6.07, 6.45) is 3.91. The van der Waals surface area contributed by atoms with Crippen LogP contribution in [0.2, 0.25) is 0 Å². The molecule has 2 N–H and O–H groups in total. The predicted octanol–water partition coefficient (Wildman–Crippen LogP) is 11.0. The van der Waals surface area contributed by atoms with Crippen molar-refractivity contribution in [3.8, 4) is 39.9 Å². The van der Waals surface area contributed by atoms with Crippen molar-refractivity contribution in [3.05, 3.63) is 181 Å². The molecule has 1 aliphatic carbocycles. The summed E-state index contributed by atoms with van der Waals surface area (Å²) in [7, 11) is 0. The van der Waals surface area contributed by atoms with Gasteiger partial charge in [-0.15, -0.1) is 0 Å². The van der Waals surface area contributed by atoms with E-state index in [2.05, 4.69) is 106 Å². The van der Waals surface area contributed by atoms with Gasteiger partial charge in [-0.05, 0) is 63.9 Å². The second-order valence-corrected chi connectivity index (χ2v) is 13.2. The fourth-order valence-electron chi connectivity index (χ4n) is 7.40. The van der Waals surface area contributed by atoms with Gasteiger partial charge in [0, 0.05) is 27.5 Å². The summed E-state index contributed by atoms with van der Waals surface area (Å²) in [5.74, 6) is 1.64. The highest BCUT2D eigenvalue weighted by atomic mass is 15.3. The first-order chi connectivity index (χ1) is 26.7. The van der Waals surface area contributed by atoms with E-state index in [1.807, 2.05) is 84.9 Å². The fraction of sp³-hybridized carbons (Fsp3) is 0. The average molecular weight is 694 g/mol. The third-order valence-corrected chi connectivity index (χ3v) is 9.97. The molecular weight excluding hydrogens is 663 g/mol. The zero-order valence-electron chi connectivity index (χ0n) is 29.0. The first-order valence-corrected chi connectivity index (χ1v) is 17.8. The monoisotopic (exact) mass is 693 g/mol. The van der Waals surface area contributed by atoms with Crippen molar-refractivity contribution in [2.75, 3.05) is 5.43 Å². The largest absolute Gasteiger partial charge is 0.298 e. The van der Waals surface area contributed by atoms with E-state index < -0.39 is 0 Å². The smallest absolute Gasteiger partial charge is 0.238 e. The highest BCUT2D eigenvalue weighted by molar-refractivity contribution is 6.55. The van der Waals surface area contributed by atoms with Gasteiger partial charge in [0.15, 0.2) is 11.6 Å². The second-order valence-electron chi connectivity index (χ2n) is 13.2. The lowest BCUT2D eigenvalue weighted by atomic mass is 9.88. The number of hydrazone groups is 1. The Morgan fingerprint density at radius 2 is 1.15 bits per heavy atom. The van der Waals surface area contributed by atoms with Crippen molar-refractivity contribution in [2.45, 2.75) is 0 Å². The van der Waals surface area contributed by atoms with E-state index in [1.54, 1.807) is 0 Å². The van der Waals surface area contributed by atoms with Gasteiger partial charge in [0.25, 0.3) is 0 Å². The topological polar surface area (TPSA) is 91.8 Å². The Bertz CT molecular complexity index is 2930. The minimum atomic E-state index is 0.345. The Kier molecular flexibility index (Phi) is 7.47. The molecule has 7 nitrogen and oxygen atoms in total. The fourth-order valence-corrected chi connectivity index (χ4v) is 7.40. The van der Waals surface area contributed by atoms with Crippen molar-refractivity contribution in [3.63, 3.8) is 0 Å². The van der Waals surface area contributed by atoms with Gasteiger partial charge in [-0.25, -0.2) is 4.98 Å². The number of fused-ring (bicyclic) bond motifs is 6. The molecule has 0 aliphatic heterocycles. The van der Waals surface area contributed by atoms with Gasteiger partial charge in [0.1, 0.15) is 5.71 Å². The number of anilines is 1. The van der Waals surface area contributed by atoms with Crippen molar-refractivity contribution in [1.29, 1.82) is 5.41 Å². The van der Waals surface area contributed by atoms with E-state index in [4.69, 9.17) is 15.0 Å².